The molecule has 1 unspecified atom stereocenters. The summed E-state index contributed by atoms with van der Waals surface area (Å²) in [6.07, 6.45) is 0.441. The van der Waals surface area contributed by atoms with Crippen molar-refractivity contribution in [3.05, 3.63) is 87.7 Å². The van der Waals surface area contributed by atoms with Gasteiger partial charge in [0, 0.05) is 5.92 Å². The molecule has 0 spiro atoms. The number of nitrogens with zero attached hydrogens (tertiary/aromatic N) is 1. The van der Waals surface area contributed by atoms with Gasteiger partial charge in [0.15, 0.2) is 0 Å². The highest BCUT2D eigenvalue weighted by Gasteiger charge is 2.47. The zero-order valence-electron chi connectivity index (χ0n) is 16.1. The van der Waals surface area contributed by atoms with E-state index in [0.29, 0.717) is 17.5 Å². The Labute approximate surface area is 172 Å². The molecule has 0 bridgehead atoms. The number of aromatic amines is 1. The van der Waals surface area contributed by atoms with E-state index in [1.807, 2.05) is 6.07 Å². The minimum Gasteiger partial charge on any atom is -0.449 e. The number of hydrogen-bond acceptors (Lipinski definition) is 7. The van der Waals surface area contributed by atoms with Crippen LogP contribution in [-0.2, 0) is 27.6 Å². The van der Waals surface area contributed by atoms with Crippen molar-refractivity contribution in [3.63, 3.8) is 0 Å². The third kappa shape index (κ3) is 3.68. The zero-order valence-corrected chi connectivity index (χ0v) is 17.0. The number of nitrogens with one attached hydrogen (secondary N) is 1. The van der Waals surface area contributed by atoms with Crippen molar-refractivity contribution in [2.75, 3.05) is 0 Å². The first kappa shape index (κ1) is 20.1. The molecule has 9 heteroatoms. The van der Waals surface area contributed by atoms with Gasteiger partial charge in [-0.1, -0.05) is 61.5 Å². The molecule has 3 aromatic rings. The van der Waals surface area contributed by atoms with Crippen molar-refractivity contribution in [2.24, 2.45) is 5.92 Å². The second-order valence-corrected chi connectivity index (χ2v) is 9.24. The third-order valence-electron chi connectivity index (χ3n) is 5.45. The van der Waals surface area contributed by atoms with Crippen LogP contribution in [-0.4, -0.2) is 23.9 Å². The molecule has 3 atom stereocenters. The molecule has 0 fully saturated rings. The van der Waals surface area contributed by atoms with Gasteiger partial charge in [0.05, 0.1) is 0 Å². The summed E-state index contributed by atoms with van der Waals surface area (Å²) in [5.74, 6) is -1.64. The molecule has 0 saturated carbocycles. The van der Waals surface area contributed by atoms with Gasteiger partial charge in [0.25, 0.3) is 9.84 Å². The van der Waals surface area contributed by atoms with Crippen LogP contribution in [0.4, 0.5) is 4.79 Å². The maximum absolute atomic E-state index is 13.3. The van der Waals surface area contributed by atoms with E-state index < -0.39 is 38.0 Å². The highest BCUT2D eigenvalue weighted by Crippen LogP contribution is 2.46. The van der Waals surface area contributed by atoms with Gasteiger partial charge in [0.1, 0.15) is 11.9 Å². The summed E-state index contributed by atoms with van der Waals surface area (Å²) in [7, 11) is -4.35. The monoisotopic (exact) mass is 428 g/mol. The number of carbonyl (C=O) groups excluding carboxylic acids is 1. The maximum Gasteiger partial charge on any atom is 0.434 e. The highest BCUT2D eigenvalue weighted by molar-refractivity contribution is 8.05. The minimum atomic E-state index is -4.35. The first-order valence-electron chi connectivity index (χ1n) is 9.45. The Morgan fingerprint density at radius 1 is 1.17 bits per heavy atom. The van der Waals surface area contributed by atoms with Crippen molar-refractivity contribution >= 4 is 15.1 Å². The van der Waals surface area contributed by atoms with Crippen molar-refractivity contribution in [3.8, 4) is 0 Å². The molecule has 1 heterocycles. The molecule has 8 nitrogen and oxygen atoms in total. The van der Waals surface area contributed by atoms with E-state index in [0.717, 1.165) is 5.56 Å². The van der Waals surface area contributed by atoms with Crippen LogP contribution in [0, 0.1) is 5.92 Å². The van der Waals surface area contributed by atoms with Crippen molar-refractivity contribution < 1.29 is 22.4 Å². The predicted octanol–water partition coefficient (Wildman–Crippen LogP) is 3.13. The second-order valence-electron chi connectivity index (χ2n) is 7.31. The molecular weight excluding hydrogens is 408 g/mol. The fraction of sp³-hybridized carbons (Fsp3) is 0.286. The largest absolute Gasteiger partial charge is 0.449 e. The number of H-pyrrole nitrogens is 1. The van der Waals surface area contributed by atoms with E-state index in [4.69, 9.17) is 9.15 Å². The van der Waals surface area contributed by atoms with Gasteiger partial charge in [0.2, 0.25) is 5.89 Å². The number of rotatable bonds is 4. The standard InChI is InChI=1S/C21H20N2O6S/c1-13-17(19-22-23-20(24)29-19)11-15-9-5-6-10-16(15)18(13)30(26,27)21(25)28-12-14-7-3-2-4-8-14/h2-10,13,17-18H,11-12H2,1H3,(H,23,24)/t13-,17-,18?/m1/s1. The van der Waals surface area contributed by atoms with Crippen LogP contribution < -0.4 is 5.76 Å². The van der Waals surface area contributed by atoms with Crippen LogP contribution in [0.25, 0.3) is 0 Å². The molecule has 1 aliphatic rings. The van der Waals surface area contributed by atoms with Crippen LogP contribution >= 0.6 is 0 Å². The van der Waals surface area contributed by atoms with Gasteiger partial charge in [-0.15, -0.1) is 5.10 Å². The molecule has 2 aromatic carbocycles. The topological polar surface area (TPSA) is 119 Å². The van der Waals surface area contributed by atoms with Crippen molar-refractivity contribution in [1.82, 2.24) is 10.2 Å². The van der Waals surface area contributed by atoms with Crippen molar-refractivity contribution in [2.45, 2.75) is 31.1 Å². The van der Waals surface area contributed by atoms with E-state index in [-0.39, 0.29) is 12.5 Å². The van der Waals surface area contributed by atoms with E-state index in [1.54, 1.807) is 55.5 Å². The lowest BCUT2D eigenvalue weighted by molar-refractivity contribution is 0.165. The Bertz CT molecular complexity index is 1220. The molecule has 156 valence electrons. The molecule has 0 aliphatic heterocycles. The molecular formula is C21H20N2O6S. The van der Waals surface area contributed by atoms with E-state index >= 15 is 0 Å². The Morgan fingerprint density at radius 2 is 1.87 bits per heavy atom. The molecule has 0 radical (unpaired) electrons. The second kappa shape index (κ2) is 7.91. The average molecular weight is 428 g/mol. The summed E-state index contributed by atoms with van der Waals surface area (Å²) < 4.78 is 36.8. The van der Waals surface area contributed by atoms with Crippen LogP contribution in [0.5, 0.6) is 0 Å². The lowest BCUT2D eigenvalue weighted by atomic mass is 9.76. The van der Waals surface area contributed by atoms with Gasteiger partial charge < -0.3 is 9.15 Å². The number of ether oxygens (including phenoxy) is 1. The first-order valence-corrected chi connectivity index (χ1v) is 11.0. The number of carbonyl (C=O) groups is 1. The van der Waals surface area contributed by atoms with Crippen LogP contribution in [0.15, 0.2) is 63.8 Å². The fourth-order valence-corrected chi connectivity index (χ4v) is 5.73. The molecule has 1 N–H and O–H groups in total. The van der Waals surface area contributed by atoms with Crippen LogP contribution in [0.1, 0.15) is 40.7 Å². The number of hydrogen-bond donors (Lipinski definition) is 1. The van der Waals surface area contributed by atoms with Gasteiger partial charge >= 0.3 is 11.1 Å². The van der Waals surface area contributed by atoms with Crippen molar-refractivity contribution in [1.29, 1.82) is 0 Å². The molecule has 4 rings (SSSR count). The third-order valence-corrected chi connectivity index (χ3v) is 7.39. The zero-order chi connectivity index (χ0) is 21.3. The van der Waals surface area contributed by atoms with Gasteiger partial charge in [-0.05, 0) is 29.0 Å². The SMILES string of the molecule is C[C@H]1C(S(=O)(=O)C(=O)OCc2ccccc2)c2ccccc2C[C@H]1c1n[nH]c(=O)o1. The lowest BCUT2D eigenvalue weighted by Gasteiger charge is -2.34. The number of aromatic nitrogens is 2. The van der Waals surface area contributed by atoms with E-state index in [1.165, 1.54) is 0 Å². The summed E-state index contributed by atoms with van der Waals surface area (Å²) in [6.45, 7) is 1.57. The average Bonchev–Trinajstić information content (AvgIpc) is 3.18. The predicted molar refractivity (Wildman–Crippen MR) is 107 cm³/mol. The number of fused-ring (bicyclic) bond motifs is 1. The van der Waals surface area contributed by atoms with E-state index in [2.05, 4.69) is 10.2 Å². The van der Waals surface area contributed by atoms with Gasteiger partial charge in [-0.25, -0.2) is 23.1 Å². The summed E-state index contributed by atoms with van der Waals surface area (Å²) in [4.78, 5) is 24.0. The van der Waals surface area contributed by atoms with Crippen LogP contribution in [0.3, 0.4) is 0 Å². The van der Waals surface area contributed by atoms with Crippen LogP contribution in [0.2, 0.25) is 0 Å². The number of sulfone groups is 1. The molecule has 0 saturated heterocycles. The summed E-state index contributed by atoms with van der Waals surface area (Å²) >= 11 is 0. The Morgan fingerprint density at radius 3 is 2.57 bits per heavy atom. The lowest BCUT2D eigenvalue weighted by Crippen LogP contribution is -2.35. The highest BCUT2D eigenvalue weighted by atomic mass is 32.2. The summed E-state index contributed by atoms with van der Waals surface area (Å²) in [5, 5.41) is 3.68. The quantitative estimate of drug-likeness (QED) is 0.634. The maximum atomic E-state index is 13.3. The first-order chi connectivity index (χ1) is 14.4. The molecule has 1 aliphatic carbocycles. The summed E-state index contributed by atoms with van der Waals surface area (Å²) in [5.41, 5.74) is 2.00. The van der Waals surface area contributed by atoms with Gasteiger partial charge in [-0.3, -0.25) is 0 Å². The molecule has 30 heavy (non-hydrogen) atoms. The normalized spacial score (nSPS) is 21.0. The smallest absolute Gasteiger partial charge is 0.434 e. The fourth-order valence-electron chi connectivity index (χ4n) is 3.98. The molecule has 1 aromatic heterocycles. The molecule has 0 amide bonds. The Hall–Kier alpha value is -3.20. The summed E-state index contributed by atoms with van der Waals surface area (Å²) in [6, 6.07) is 15.9. The minimum absolute atomic E-state index is 0.125. The van der Waals surface area contributed by atoms with Gasteiger partial charge in [-0.2, -0.15) is 0 Å². The Kier molecular flexibility index (Phi) is 5.29. The number of benzene rings is 2. The van der Waals surface area contributed by atoms with E-state index in [9.17, 15) is 18.0 Å². The Balaban J connectivity index is 1.67.